The summed E-state index contributed by atoms with van der Waals surface area (Å²) in [7, 11) is 0. The fraction of sp³-hybridized carbons (Fsp3) is 0.750. The standard InChI is InChI=1S/4C11H16O2.2C8H12.4CH3.2Ru/c4*12-10(13)11-4-7-1-8(5-11)3-9(2-7)6-11;2*1-2-4-6-8-7-5-3-1;;;;;;/h4*7-9H,1-6H2,(H,12,13);2*1-2,7-8H,3-6H2;4*1H3;;/q;;;;;;4*-1;;/p+4/b;;;;2*2-1-,8-7?;;;;;;. The molecule has 16 fully saturated rings. The maximum Gasteiger partial charge on any atom is 0.486 e. The topological polar surface area (TPSA) is 167 Å². The second kappa shape index (κ2) is 28.8. The van der Waals surface area contributed by atoms with Crippen LogP contribution in [0.15, 0.2) is 48.6 Å². The van der Waals surface area contributed by atoms with Crippen molar-refractivity contribution in [2.75, 3.05) is 0 Å². The molecule has 18 rings (SSSR count). The van der Waals surface area contributed by atoms with Crippen molar-refractivity contribution in [3.05, 3.63) is 78.3 Å². The van der Waals surface area contributed by atoms with Gasteiger partial charge in [-0.1, -0.05) is 48.6 Å². The zero-order valence-corrected chi connectivity index (χ0v) is 49.9. The first-order valence-corrected chi connectivity index (χ1v) is 28.3. The molecule has 8 nitrogen and oxygen atoms in total. The summed E-state index contributed by atoms with van der Waals surface area (Å²) in [6.07, 6.45) is 56.8. The first-order valence-electron chi connectivity index (χ1n) is 28.3. The predicted octanol–water partition coefficient (Wildman–Crippen LogP) is 16.2. The van der Waals surface area contributed by atoms with Gasteiger partial charge in [0, 0.05) is 39.0 Å². The fourth-order valence-corrected chi connectivity index (χ4v) is 19.3. The molecular formula is C64H104O8Ru2. The van der Waals surface area contributed by atoms with Gasteiger partial charge in [-0.2, -0.15) is 0 Å². The number of carboxylic acids is 4. The van der Waals surface area contributed by atoms with E-state index in [-0.39, 0.29) is 114 Å². The van der Waals surface area contributed by atoms with Gasteiger partial charge < -0.3 is 69.3 Å². The molecule has 424 valence electrons. The first kappa shape index (κ1) is 66.4. The van der Waals surface area contributed by atoms with Crippen LogP contribution in [0.25, 0.3) is 0 Å². The summed E-state index contributed by atoms with van der Waals surface area (Å²) >= 11 is 0. The minimum Gasteiger partial charge on any atom is -0.358 e. The molecule has 18 aliphatic rings. The Morgan fingerprint density at radius 2 is 0.338 bits per heavy atom. The Kier molecular flexibility index (Phi) is 25.8. The normalized spacial score (nSPS) is 42.1. The number of hydrogen-bond donors (Lipinski definition) is 4. The summed E-state index contributed by atoms with van der Waals surface area (Å²) in [5.41, 5.74) is -0.688. The smallest absolute Gasteiger partial charge is 0.358 e. The quantitative estimate of drug-likeness (QED) is 0.0953. The van der Waals surface area contributed by atoms with Gasteiger partial charge >= 0.3 is 23.9 Å². The molecule has 0 aliphatic heterocycles. The van der Waals surface area contributed by atoms with Gasteiger partial charge in [0.1, 0.15) is 21.7 Å². The minimum atomic E-state index is -0.258. The van der Waals surface area contributed by atoms with Crippen LogP contribution in [-0.2, 0) is 39.0 Å². The fourth-order valence-electron chi connectivity index (χ4n) is 19.3. The Bertz CT molecular complexity index is 1490. The van der Waals surface area contributed by atoms with Crippen molar-refractivity contribution in [1.82, 2.24) is 0 Å². The molecular weight excluding hydrogens is 1100 g/mol. The van der Waals surface area contributed by atoms with Crippen LogP contribution in [0.1, 0.15) is 205 Å². The average molecular weight is 1200 g/mol. The third kappa shape index (κ3) is 15.7. The van der Waals surface area contributed by atoms with E-state index in [1.165, 1.54) is 128 Å². The molecule has 8 N–H and O–H groups in total. The van der Waals surface area contributed by atoms with E-state index >= 15 is 0 Å². The molecule has 0 atom stereocenters. The van der Waals surface area contributed by atoms with Gasteiger partial charge in [0.15, 0.2) is 0 Å². The molecule has 0 aromatic carbocycles. The Balaban J connectivity index is 0.000000233. The number of hydrogen-bond acceptors (Lipinski definition) is 0. The summed E-state index contributed by atoms with van der Waals surface area (Å²) in [5.74, 6) is 8.48. The van der Waals surface area contributed by atoms with Gasteiger partial charge in [-0.3, -0.25) is 0 Å². The summed E-state index contributed by atoms with van der Waals surface area (Å²) in [5, 5.41) is 37.6. The van der Waals surface area contributed by atoms with E-state index in [0.29, 0.717) is 0 Å². The van der Waals surface area contributed by atoms with E-state index in [2.05, 4.69) is 48.6 Å². The van der Waals surface area contributed by atoms with Crippen molar-refractivity contribution in [3.63, 3.8) is 0 Å². The molecule has 18 aliphatic carbocycles. The second-order valence-electron chi connectivity index (χ2n) is 26.3. The molecule has 0 radical (unpaired) electrons. The van der Waals surface area contributed by atoms with E-state index in [1.807, 2.05) is 0 Å². The molecule has 0 aromatic rings. The van der Waals surface area contributed by atoms with Gasteiger partial charge in [-0.25, -0.2) is 0 Å². The monoisotopic (exact) mass is 1200 g/mol. The maximum atomic E-state index is 9.39. The van der Waals surface area contributed by atoms with Gasteiger partial charge in [0.25, 0.3) is 0 Å². The molecule has 0 saturated heterocycles. The first-order chi connectivity index (χ1) is 32.7. The summed E-state index contributed by atoms with van der Waals surface area (Å²) < 4.78 is 0. The van der Waals surface area contributed by atoms with E-state index < -0.39 is 0 Å². The molecule has 0 spiro atoms. The van der Waals surface area contributed by atoms with Crippen LogP contribution >= 0.6 is 0 Å². The van der Waals surface area contributed by atoms with Crippen molar-refractivity contribution in [2.24, 2.45) is 92.7 Å². The van der Waals surface area contributed by atoms with Gasteiger partial charge in [0.05, 0.1) is 0 Å². The summed E-state index contributed by atoms with van der Waals surface area (Å²) in [6.45, 7) is 0. The van der Waals surface area contributed by atoms with E-state index in [4.69, 9.17) is 0 Å². The summed E-state index contributed by atoms with van der Waals surface area (Å²) in [6, 6.07) is 0. The third-order valence-electron chi connectivity index (χ3n) is 20.7. The maximum absolute atomic E-state index is 9.39. The van der Waals surface area contributed by atoms with Crippen LogP contribution in [-0.4, -0.2) is 63.5 Å². The zero-order valence-electron chi connectivity index (χ0n) is 46.5. The molecule has 0 amide bonds. The summed E-state index contributed by atoms with van der Waals surface area (Å²) in [4.78, 5) is 37.6. The van der Waals surface area contributed by atoms with E-state index in [0.717, 1.165) is 148 Å². The number of carboxylic acid groups (broad SMARTS) is 4. The van der Waals surface area contributed by atoms with E-state index in [1.54, 1.807) is 0 Å². The van der Waals surface area contributed by atoms with Gasteiger partial charge in [-0.15, -0.1) is 0 Å². The van der Waals surface area contributed by atoms with Crippen LogP contribution in [0.5, 0.6) is 0 Å². The van der Waals surface area contributed by atoms with E-state index in [9.17, 15) is 39.6 Å². The number of aliphatic carboxylic acids is 4. The molecule has 16 saturated carbocycles. The molecule has 74 heavy (non-hydrogen) atoms. The Morgan fingerprint density at radius 1 is 0.243 bits per heavy atom. The van der Waals surface area contributed by atoms with Crippen LogP contribution in [0, 0.1) is 122 Å². The average Bonchev–Trinajstić information content (AvgIpc) is 3.23. The van der Waals surface area contributed by atoms with Crippen molar-refractivity contribution in [3.8, 4) is 0 Å². The minimum absolute atomic E-state index is 0. The van der Waals surface area contributed by atoms with Crippen LogP contribution in [0.4, 0.5) is 0 Å². The zero-order chi connectivity index (χ0) is 47.5. The Labute approximate surface area is 476 Å². The predicted molar refractivity (Wildman–Crippen MR) is 300 cm³/mol. The molecule has 0 unspecified atom stereocenters. The number of rotatable bonds is 4. The van der Waals surface area contributed by atoms with Gasteiger partial charge in [-0.05, 0) is 276 Å². The largest absolute Gasteiger partial charge is 0.486 e. The molecule has 16 bridgehead atoms. The van der Waals surface area contributed by atoms with Gasteiger partial charge in [0.2, 0.25) is 0 Å². The third-order valence-corrected chi connectivity index (χ3v) is 20.7. The van der Waals surface area contributed by atoms with Crippen molar-refractivity contribution < 1.29 is 78.6 Å². The Morgan fingerprint density at radius 3 is 0.419 bits per heavy atom. The molecule has 10 heteroatoms. The number of allylic oxidation sites excluding steroid dienone is 8. The van der Waals surface area contributed by atoms with Crippen LogP contribution in [0.2, 0.25) is 0 Å². The SMILES string of the molecule is C1=CCC/C=C\CC1.C1=CCC/C=C\CC1.OC(=[OH+])C12CC3CC(CC(C3)C1)C2.OC(=[OH+])C12CC3CC(CC(C3)C1)C2.OC(=[OH+])C12CC3CC(CC(C3)C1)C2.OC(=[OH+])C12CC3CC(CC(C3)C1)C2.[CH3-].[CH3-].[CH3-].[CH3-].[Ru].[Ru]. The van der Waals surface area contributed by atoms with Crippen molar-refractivity contribution >= 4 is 23.9 Å². The molecule has 0 heterocycles. The second-order valence-corrected chi connectivity index (χ2v) is 26.3. The van der Waals surface area contributed by atoms with Crippen molar-refractivity contribution in [1.29, 1.82) is 0 Å². The Hall–Kier alpha value is -1.91. The molecule has 0 aromatic heterocycles. The van der Waals surface area contributed by atoms with Crippen molar-refractivity contribution in [2.45, 2.75) is 205 Å². The number of aliphatic hydroxyl groups excluding tert-OH is 4. The van der Waals surface area contributed by atoms with Crippen LogP contribution < -0.4 is 0 Å². The van der Waals surface area contributed by atoms with Crippen LogP contribution in [0.3, 0.4) is 0 Å².